The third kappa shape index (κ3) is 24.6. The van der Waals surface area contributed by atoms with Gasteiger partial charge in [0.25, 0.3) is 53.2 Å². The number of aromatic nitrogens is 4. The number of urea groups is 3. The number of pyridine rings is 4. The first-order chi connectivity index (χ1) is 67.0. The molecule has 0 spiro atoms. The van der Waals surface area contributed by atoms with Gasteiger partial charge in [-0.2, -0.15) is 0 Å². The van der Waals surface area contributed by atoms with Crippen molar-refractivity contribution in [2.75, 3.05) is 148 Å². The van der Waals surface area contributed by atoms with E-state index in [1.165, 1.54) is 75.6 Å². The van der Waals surface area contributed by atoms with Crippen LogP contribution in [0.25, 0.3) is 0 Å². The van der Waals surface area contributed by atoms with E-state index in [2.05, 4.69) is 119 Å². The number of halogens is 2. The maximum atomic E-state index is 13.4. The number of rotatable bonds is 17. The minimum Gasteiger partial charge on any atom is -0.497 e. The number of imide groups is 3. The van der Waals surface area contributed by atoms with Gasteiger partial charge >= 0.3 is 36.2 Å². The van der Waals surface area contributed by atoms with Crippen molar-refractivity contribution in [3.8, 4) is 76.3 Å². The van der Waals surface area contributed by atoms with Crippen molar-refractivity contribution in [2.45, 2.75) is 89.0 Å². The lowest BCUT2D eigenvalue weighted by molar-refractivity contribution is -0.123. The van der Waals surface area contributed by atoms with E-state index in [-0.39, 0.29) is 122 Å². The van der Waals surface area contributed by atoms with Crippen molar-refractivity contribution in [3.63, 3.8) is 0 Å². The van der Waals surface area contributed by atoms with E-state index in [0.29, 0.717) is 138 Å². The van der Waals surface area contributed by atoms with Gasteiger partial charge in [-0.3, -0.25) is 59.1 Å². The van der Waals surface area contributed by atoms with Crippen molar-refractivity contribution in [3.05, 3.63) is 180 Å². The molecule has 8 N–H and O–H groups in total. The number of hydrogen-bond acceptors (Lipinski definition) is 29. The van der Waals surface area contributed by atoms with Crippen LogP contribution in [0.4, 0.5) is 24.0 Å². The van der Waals surface area contributed by atoms with Crippen LogP contribution < -0.4 is 70.4 Å². The fourth-order valence-corrected chi connectivity index (χ4v) is 16.4. The van der Waals surface area contributed by atoms with E-state index in [9.17, 15) is 71.9 Å². The molecule has 4 aromatic heterocycles. The molecule has 0 bridgehead atoms. The summed E-state index contributed by atoms with van der Waals surface area (Å²) >= 11 is 6.36. The first-order valence-corrected chi connectivity index (χ1v) is 45.2. The molecule has 6 saturated heterocycles. The van der Waals surface area contributed by atoms with Crippen LogP contribution in [0.3, 0.4) is 0 Å². The lowest BCUT2D eigenvalue weighted by atomic mass is 9.99. The van der Waals surface area contributed by atoms with E-state index in [1.54, 1.807) is 137 Å². The number of piperazine rings is 3. The highest BCUT2D eigenvalue weighted by Crippen LogP contribution is 2.35. The number of aromatic carboxylic acids is 1. The zero-order chi connectivity index (χ0) is 102. The molecule has 0 aliphatic carbocycles. The predicted octanol–water partition coefficient (Wildman–Crippen LogP) is 5.07. The van der Waals surface area contributed by atoms with Crippen LogP contribution in [-0.4, -0.2) is 329 Å². The Balaban J connectivity index is 0.000000167. The van der Waals surface area contributed by atoms with Crippen LogP contribution in [0.2, 0.25) is 0 Å². The van der Waals surface area contributed by atoms with E-state index in [0.717, 1.165) is 16.7 Å². The zero-order valence-electron chi connectivity index (χ0n) is 79.0. The highest BCUT2D eigenvalue weighted by atomic mass is 79.9. The molecule has 740 valence electrons. The Morgan fingerprint density at radius 2 is 0.695 bits per heavy atom. The highest BCUT2D eigenvalue weighted by Gasteiger charge is 2.52. The van der Waals surface area contributed by atoms with Crippen molar-refractivity contribution in [1.29, 1.82) is 0 Å². The Morgan fingerprint density at radius 1 is 0.397 bits per heavy atom. The Bertz CT molecular complexity index is 6340. The third-order valence-corrected chi connectivity index (χ3v) is 23.8. The van der Waals surface area contributed by atoms with E-state index >= 15 is 0 Å². The number of carboxylic acids is 1. The van der Waals surface area contributed by atoms with Crippen LogP contribution in [0.5, 0.6) is 40.2 Å². The third-order valence-electron chi connectivity index (χ3n) is 22.7. The smallest absolute Gasteiger partial charge is 0.410 e. The quantitative estimate of drug-likeness (QED) is 0.0335. The van der Waals surface area contributed by atoms with Crippen LogP contribution in [0.1, 0.15) is 143 Å². The molecule has 0 radical (unpaired) electrons. The maximum Gasteiger partial charge on any atom is 0.410 e. The molecule has 9 aliphatic heterocycles. The second-order valence-corrected chi connectivity index (χ2v) is 35.9. The van der Waals surface area contributed by atoms with Crippen LogP contribution >= 0.6 is 31.9 Å². The van der Waals surface area contributed by atoms with E-state index < -0.39 is 75.7 Å². The van der Waals surface area contributed by atoms with Gasteiger partial charge in [0.05, 0.1) is 69.4 Å². The molecule has 3 atom stereocenters. The summed E-state index contributed by atoms with van der Waals surface area (Å²) in [6, 6.07) is 25.8. The van der Waals surface area contributed by atoms with Crippen molar-refractivity contribution in [2.24, 2.45) is 0 Å². The van der Waals surface area contributed by atoms with E-state index in [4.69, 9.17) is 54.2 Å². The minimum absolute atomic E-state index is 0.0114. The topological polar surface area (TPSA) is 521 Å². The normalized spacial score (nSPS) is 18.6. The predicted molar refractivity (Wildman–Crippen MR) is 506 cm³/mol. The van der Waals surface area contributed by atoms with E-state index in [1.807, 2.05) is 20.8 Å². The monoisotopic (exact) mass is 2070 g/mol. The Labute approximate surface area is 825 Å². The number of amides is 17. The Hall–Kier alpha value is -15.9. The molecule has 0 saturated carbocycles. The second-order valence-electron chi connectivity index (χ2n) is 34.4. The molecule has 13 heterocycles. The number of fused-ring (bicyclic) bond motifs is 3. The van der Waals surface area contributed by atoms with Crippen molar-refractivity contribution >= 4 is 121 Å². The van der Waals surface area contributed by atoms with Crippen LogP contribution in [-0.2, 0) is 43.5 Å². The number of terminal acetylenes is 1. The first kappa shape index (κ1) is 104. The van der Waals surface area contributed by atoms with Crippen molar-refractivity contribution in [1.82, 2.24) is 96.4 Å². The number of nitrogens with one attached hydrogen (secondary N) is 7. The molecule has 44 nitrogen and oxygen atoms in total. The van der Waals surface area contributed by atoms with Gasteiger partial charge in [0, 0.05) is 115 Å². The highest BCUT2D eigenvalue weighted by molar-refractivity contribution is 9.10. The Kier molecular flexibility index (Phi) is 32.7. The summed E-state index contributed by atoms with van der Waals surface area (Å²) in [5, 5.41) is 25.8. The first-order valence-electron chi connectivity index (χ1n) is 43.6. The number of methoxy groups -OCH3 is 7. The fraction of sp³-hybridized carbons (Fsp3) is 0.379. The number of carbonyl (C=O) groups excluding carboxylic acids is 14. The second kappa shape index (κ2) is 44.3. The molecule has 9 aliphatic rings. The molecular formula is C95H101Br2N19O25. The van der Waals surface area contributed by atoms with Gasteiger partial charge in [0.15, 0.2) is 39.9 Å². The lowest BCUT2D eigenvalue weighted by Crippen LogP contribution is -2.54. The summed E-state index contributed by atoms with van der Waals surface area (Å²) in [5.41, 5.74) is -1.68. The van der Waals surface area contributed by atoms with Gasteiger partial charge in [0.1, 0.15) is 60.4 Å². The summed E-state index contributed by atoms with van der Waals surface area (Å²) < 4.78 is 48.0. The molecule has 7 aromatic rings. The standard InChI is InChI=1S/C31H34N6O8.C26H26N6O6.C16H22BrN3O4.C15H13N3O4.C7H6BrNO3/c1-30(2,3)45-29(42)36-14-12-35(13-15-36)26(39)23-8-9-24(44-5)22(32-23)10-11-31(27(40)33-28(41)34-31)18-37-17-19-6-7-20(43-4)16-21(19)25(37)38;1-37-17-4-3-16-14-32(22(33)18(16)13-17)15-26(24(35)29-25(36)30-26)8-7-19-21(38-2)6-5-20(28-19)23(34)31-11-9-27-10-12-31;1-16(2,3)24-15(22)20-9-7-19(8-10-20)14(21)11-5-6-12(23-4)13(17)18-11;1-3-15(13(20)16-14(21)17-15)8-18-7-9-4-5-10(22-2)6-11(9)12(18)19;1-12-5-3-2-4(7(10)11)9-6(5)8/h6-9,16H,12-15,17-18H2,1-5H3,(H2,33,34,40,41);3-6,13,27H,9-12,14-15H2,1-2H3,(H2,29,30,35,36);5-6H,7-10H2,1-4H3;1,4-6H,7-8H2,2H3,(H2,16,17,20,21);2-3H,1H3,(H,10,11)/t31-;26-;;15-;/m11.1./s1. The van der Waals surface area contributed by atoms with Gasteiger partial charge in [-0.25, -0.2) is 48.7 Å². The van der Waals surface area contributed by atoms with Gasteiger partial charge in [0.2, 0.25) is 11.1 Å². The molecule has 3 aromatic carbocycles. The summed E-state index contributed by atoms with van der Waals surface area (Å²) in [6.45, 7) is 16.5. The van der Waals surface area contributed by atoms with Gasteiger partial charge in [-0.1, -0.05) is 36.0 Å². The summed E-state index contributed by atoms with van der Waals surface area (Å²) in [4.78, 5) is 215. The van der Waals surface area contributed by atoms with Gasteiger partial charge < -0.3 is 108 Å². The number of hydrogen-bond donors (Lipinski definition) is 8. The minimum atomic E-state index is -1.79. The number of carbonyl (C=O) groups is 15. The molecule has 0 unspecified atom stereocenters. The molecule has 17 amide bonds. The fourth-order valence-electron chi connectivity index (χ4n) is 15.4. The molecule has 16 rings (SSSR count). The van der Waals surface area contributed by atoms with Crippen molar-refractivity contribution < 1.29 is 120 Å². The molecule has 6 fully saturated rings. The molecule has 141 heavy (non-hydrogen) atoms. The average Bonchev–Trinajstić information content (AvgIpc) is 1.62. The maximum absolute atomic E-state index is 13.4. The number of carboxylic acid groups (broad SMARTS) is 1. The van der Waals surface area contributed by atoms with Gasteiger partial charge in [-0.05, 0) is 187 Å². The zero-order valence-corrected chi connectivity index (χ0v) is 82.2. The van der Waals surface area contributed by atoms with Crippen LogP contribution in [0, 0.1) is 36.0 Å². The SMILES string of the molecule is C#C[C@]1(CN2Cc3ccc(OC)cc3C2=O)NC(=O)NC1=O.COc1ccc(C(=O)N2CCN(C(=O)OC(C)(C)C)CC2)nc1Br.COc1ccc(C(=O)O)nc1Br.COc1ccc2c(c1)C(=O)N(C[C@@]1(C#Cc3nc(C(=O)N4CCN(C(=O)OC(C)(C)C)CC4)ccc3OC)NC(=O)NC1=O)C2.COc1ccc2c(c1)C(=O)N(C[C@@]1(C#Cc3nc(C(=O)N4CCNCC4)ccc3OC)NC(=O)NC1=O)C2. The average molecular weight is 2070 g/mol. The molecular weight excluding hydrogens is 1970 g/mol. The molecule has 46 heteroatoms. The summed E-state index contributed by atoms with van der Waals surface area (Å²) in [6.07, 6.45) is 4.63. The van der Waals surface area contributed by atoms with Gasteiger partial charge in [-0.15, -0.1) is 6.42 Å². The van der Waals surface area contributed by atoms with Crippen LogP contribution in [0.15, 0.2) is 112 Å². The number of benzene rings is 3. The number of nitrogens with zero attached hydrogens (tertiary/aromatic N) is 12. The summed E-state index contributed by atoms with van der Waals surface area (Å²) in [7, 11) is 10.4. The lowest BCUT2D eigenvalue weighted by Gasteiger charge is -2.35. The Morgan fingerprint density at radius 3 is 0.993 bits per heavy atom. The number of ether oxygens (including phenoxy) is 9. The summed E-state index contributed by atoms with van der Waals surface area (Å²) in [5.74, 6) is 12.0. The largest absolute Gasteiger partial charge is 0.497 e.